The molecule has 3 rings (SSSR count). The number of fused-ring (bicyclic) bond motifs is 1. The summed E-state index contributed by atoms with van der Waals surface area (Å²) in [5.74, 6) is 0.179. The lowest BCUT2D eigenvalue weighted by Gasteiger charge is -2.06. The second kappa shape index (κ2) is 4.70. The molecule has 0 radical (unpaired) electrons. The van der Waals surface area contributed by atoms with Gasteiger partial charge in [-0.25, -0.2) is 4.98 Å². The maximum atomic E-state index is 12.2. The van der Waals surface area contributed by atoms with Gasteiger partial charge in [-0.05, 0) is 31.2 Å². The summed E-state index contributed by atoms with van der Waals surface area (Å²) in [4.78, 5) is 19.5. The SMILES string of the molecule is Cc1c(O)cccc1C(=O)Nc1nc2ccccc2[nH]1. The molecule has 3 N–H and O–H groups in total. The van der Waals surface area contributed by atoms with Crippen LogP contribution in [0.1, 0.15) is 15.9 Å². The largest absolute Gasteiger partial charge is 0.508 e. The molecule has 0 aliphatic heterocycles. The van der Waals surface area contributed by atoms with E-state index in [2.05, 4.69) is 15.3 Å². The highest BCUT2D eigenvalue weighted by molar-refractivity contribution is 6.05. The van der Waals surface area contributed by atoms with Crippen LogP contribution in [0.2, 0.25) is 0 Å². The number of phenolic OH excluding ortho intramolecular Hbond substituents is 1. The number of rotatable bonds is 2. The molecule has 0 aliphatic rings. The van der Waals surface area contributed by atoms with E-state index >= 15 is 0 Å². The minimum Gasteiger partial charge on any atom is -0.508 e. The number of carbonyl (C=O) groups excluding carboxylic acids is 1. The number of phenols is 1. The molecule has 0 fully saturated rings. The molecule has 3 aromatic rings. The number of imidazole rings is 1. The zero-order valence-corrected chi connectivity index (χ0v) is 10.8. The van der Waals surface area contributed by atoms with E-state index in [1.54, 1.807) is 25.1 Å². The van der Waals surface area contributed by atoms with Crippen LogP contribution in [0.15, 0.2) is 42.5 Å². The first-order valence-electron chi connectivity index (χ1n) is 6.20. The van der Waals surface area contributed by atoms with Gasteiger partial charge >= 0.3 is 0 Å². The van der Waals surface area contributed by atoms with Crippen LogP contribution in [0.5, 0.6) is 5.75 Å². The van der Waals surface area contributed by atoms with Crippen molar-refractivity contribution in [3.8, 4) is 5.75 Å². The maximum Gasteiger partial charge on any atom is 0.258 e. The van der Waals surface area contributed by atoms with E-state index in [-0.39, 0.29) is 11.7 Å². The van der Waals surface area contributed by atoms with Crippen molar-refractivity contribution in [3.05, 3.63) is 53.6 Å². The highest BCUT2D eigenvalue weighted by atomic mass is 16.3. The first-order chi connectivity index (χ1) is 9.65. The van der Waals surface area contributed by atoms with E-state index in [9.17, 15) is 9.90 Å². The number of nitrogens with zero attached hydrogens (tertiary/aromatic N) is 1. The zero-order valence-electron chi connectivity index (χ0n) is 10.8. The summed E-state index contributed by atoms with van der Waals surface area (Å²) >= 11 is 0. The third-order valence-corrected chi connectivity index (χ3v) is 3.17. The molecular formula is C15H13N3O2. The summed E-state index contributed by atoms with van der Waals surface area (Å²) in [6.45, 7) is 1.70. The molecule has 0 atom stereocenters. The number of carbonyl (C=O) groups is 1. The molecule has 1 heterocycles. The Kier molecular flexibility index (Phi) is 2.87. The van der Waals surface area contributed by atoms with Crippen molar-refractivity contribution in [2.75, 3.05) is 5.32 Å². The van der Waals surface area contributed by atoms with Gasteiger partial charge in [0, 0.05) is 11.1 Å². The summed E-state index contributed by atoms with van der Waals surface area (Å²) in [6, 6.07) is 12.4. The number of benzene rings is 2. The fourth-order valence-electron chi connectivity index (χ4n) is 2.06. The van der Waals surface area contributed by atoms with Gasteiger partial charge in [0.1, 0.15) is 5.75 Å². The monoisotopic (exact) mass is 267 g/mol. The van der Waals surface area contributed by atoms with Gasteiger partial charge in [-0.1, -0.05) is 18.2 Å². The predicted molar refractivity (Wildman–Crippen MR) is 76.9 cm³/mol. The number of hydrogen-bond acceptors (Lipinski definition) is 3. The predicted octanol–water partition coefficient (Wildman–Crippen LogP) is 2.83. The molecule has 0 aliphatic carbocycles. The third kappa shape index (κ3) is 2.09. The van der Waals surface area contributed by atoms with Gasteiger partial charge in [0.25, 0.3) is 5.91 Å². The number of para-hydroxylation sites is 2. The quantitative estimate of drug-likeness (QED) is 0.668. The van der Waals surface area contributed by atoms with E-state index in [1.807, 2.05) is 24.3 Å². The van der Waals surface area contributed by atoms with Gasteiger partial charge in [-0.3, -0.25) is 10.1 Å². The van der Waals surface area contributed by atoms with Crippen LogP contribution >= 0.6 is 0 Å². The Morgan fingerprint density at radius 2 is 2.00 bits per heavy atom. The van der Waals surface area contributed by atoms with Crippen LogP contribution in [0.4, 0.5) is 5.95 Å². The van der Waals surface area contributed by atoms with E-state index in [0.29, 0.717) is 17.1 Å². The van der Waals surface area contributed by atoms with E-state index in [1.165, 1.54) is 0 Å². The molecule has 20 heavy (non-hydrogen) atoms. The third-order valence-electron chi connectivity index (χ3n) is 3.17. The van der Waals surface area contributed by atoms with Gasteiger partial charge in [0.2, 0.25) is 5.95 Å². The number of H-pyrrole nitrogens is 1. The molecule has 1 aromatic heterocycles. The lowest BCUT2D eigenvalue weighted by atomic mass is 10.1. The summed E-state index contributed by atoms with van der Waals surface area (Å²) in [7, 11) is 0. The molecule has 0 saturated carbocycles. The normalized spacial score (nSPS) is 10.7. The standard InChI is InChI=1S/C15H13N3O2/c1-9-10(5-4-8-13(9)19)14(20)18-15-16-11-6-2-3-7-12(11)17-15/h2-8,19H,1H3,(H2,16,17,18,20). The number of hydrogen-bond donors (Lipinski definition) is 3. The number of aromatic nitrogens is 2. The first-order valence-corrected chi connectivity index (χ1v) is 6.20. The van der Waals surface area contributed by atoms with Gasteiger partial charge in [0.05, 0.1) is 11.0 Å². The van der Waals surface area contributed by atoms with Crippen LogP contribution in [0.25, 0.3) is 11.0 Å². The summed E-state index contributed by atoms with van der Waals surface area (Å²) in [5, 5.41) is 12.3. The van der Waals surface area contributed by atoms with Crippen LogP contribution in [-0.2, 0) is 0 Å². The number of aromatic amines is 1. The molecule has 5 heteroatoms. The maximum absolute atomic E-state index is 12.2. The number of amides is 1. The van der Waals surface area contributed by atoms with Crippen molar-refractivity contribution in [2.24, 2.45) is 0 Å². The molecule has 1 amide bonds. The molecule has 0 bridgehead atoms. The van der Waals surface area contributed by atoms with Crippen molar-refractivity contribution in [1.82, 2.24) is 9.97 Å². The Balaban J connectivity index is 1.90. The van der Waals surface area contributed by atoms with Gasteiger partial charge < -0.3 is 10.1 Å². The average molecular weight is 267 g/mol. The number of nitrogens with one attached hydrogen (secondary N) is 2. The Labute approximate surface area is 115 Å². The number of anilines is 1. The smallest absolute Gasteiger partial charge is 0.258 e. The Hall–Kier alpha value is -2.82. The lowest BCUT2D eigenvalue weighted by Crippen LogP contribution is -2.14. The summed E-state index contributed by atoms with van der Waals surface area (Å²) in [5.41, 5.74) is 2.61. The number of aromatic hydroxyl groups is 1. The second-order valence-electron chi connectivity index (χ2n) is 4.51. The van der Waals surface area contributed by atoms with Crippen molar-refractivity contribution in [1.29, 1.82) is 0 Å². The molecule has 0 saturated heterocycles. The van der Waals surface area contributed by atoms with Gasteiger partial charge in [0.15, 0.2) is 0 Å². The summed E-state index contributed by atoms with van der Waals surface area (Å²) in [6.07, 6.45) is 0. The first kappa shape index (κ1) is 12.2. The fourth-order valence-corrected chi connectivity index (χ4v) is 2.06. The zero-order chi connectivity index (χ0) is 14.1. The highest BCUT2D eigenvalue weighted by Gasteiger charge is 2.13. The molecule has 100 valence electrons. The van der Waals surface area contributed by atoms with Crippen molar-refractivity contribution in [2.45, 2.75) is 6.92 Å². The van der Waals surface area contributed by atoms with E-state index < -0.39 is 0 Å². The van der Waals surface area contributed by atoms with Crippen LogP contribution < -0.4 is 5.32 Å². The van der Waals surface area contributed by atoms with Crippen LogP contribution in [-0.4, -0.2) is 21.0 Å². The highest BCUT2D eigenvalue weighted by Crippen LogP contribution is 2.21. The molecule has 0 unspecified atom stereocenters. The van der Waals surface area contributed by atoms with Crippen molar-refractivity contribution >= 4 is 22.9 Å². The Morgan fingerprint density at radius 3 is 2.80 bits per heavy atom. The summed E-state index contributed by atoms with van der Waals surface area (Å²) < 4.78 is 0. The second-order valence-corrected chi connectivity index (χ2v) is 4.51. The van der Waals surface area contributed by atoms with Gasteiger partial charge in [-0.15, -0.1) is 0 Å². The topological polar surface area (TPSA) is 78.0 Å². The van der Waals surface area contributed by atoms with E-state index in [0.717, 1.165) is 11.0 Å². The molecular weight excluding hydrogens is 254 g/mol. The minimum absolute atomic E-state index is 0.0993. The molecule has 5 nitrogen and oxygen atoms in total. The Morgan fingerprint density at radius 1 is 1.20 bits per heavy atom. The molecule has 0 spiro atoms. The van der Waals surface area contributed by atoms with E-state index in [4.69, 9.17) is 0 Å². The van der Waals surface area contributed by atoms with Crippen molar-refractivity contribution < 1.29 is 9.90 Å². The van der Waals surface area contributed by atoms with Crippen LogP contribution in [0.3, 0.4) is 0 Å². The van der Waals surface area contributed by atoms with Crippen LogP contribution in [0, 0.1) is 6.92 Å². The lowest BCUT2D eigenvalue weighted by molar-refractivity contribution is 0.102. The van der Waals surface area contributed by atoms with Crippen molar-refractivity contribution in [3.63, 3.8) is 0 Å². The Bertz CT molecular complexity index is 760. The molecule has 2 aromatic carbocycles. The minimum atomic E-state index is -0.308. The average Bonchev–Trinajstić information content (AvgIpc) is 2.83. The fraction of sp³-hybridized carbons (Fsp3) is 0.0667. The van der Waals surface area contributed by atoms with Gasteiger partial charge in [-0.2, -0.15) is 0 Å².